The molecule has 1 aliphatic rings. The number of hydrogen-bond donors (Lipinski definition) is 0. The average Bonchev–Trinajstić information content (AvgIpc) is 2.08. The molecule has 6 heteroatoms. The molecule has 0 aromatic carbocycles. The first-order chi connectivity index (χ1) is 5.46. The molecule has 0 saturated carbocycles. The van der Waals surface area contributed by atoms with Gasteiger partial charge in [0.25, 0.3) is 0 Å². The molecule has 1 aliphatic heterocycles. The van der Waals surface area contributed by atoms with Gasteiger partial charge in [0, 0.05) is 26.6 Å². The zero-order chi connectivity index (χ0) is 9.46. The van der Waals surface area contributed by atoms with Gasteiger partial charge in [-0.3, -0.25) is 9.59 Å². The van der Waals surface area contributed by atoms with Crippen LogP contribution in [0.2, 0.25) is 0 Å². The van der Waals surface area contributed by atoms with E-state index in [1.807, 2.05) is 0 Å². The molecule has 0 radical (unpaired) electrons. The van der Waals surface area contributed by atoms with Gasteiger partial charge < -0.3 is 20.0 Å². The minimum Gasteiger partial charge on any atom is -0.829 e. The molecule has 2 atom stereocenters. The Morgan fingerprint density at radius 1 is 1.00 bits per heavy atom. The van der Waals surface area contributed by atoms with Crippen LogP contribution < -0.4 is 10.2 Å². The summed E-state index contributed by atoms with van der Waals surface area (Å²) in [4.78, 5) is 23.1. The van der Waals surface area contributed by atoms with E-state index in [1.54, 1.807) is 0 Å². The molecule has 1 fully saturated rings. The van der Waals surface area contributed by atoms with Gasteiger partial charge in [-0.25, -0.2) is 0 Å². The van der Waals surface area contributed by atoms with Gasteiger partial charge in [0.1, 0.15) is 0 Å². The minimum absolute atomic E-state index is 0.625. The van der Waals surface area contributed by atoms with Crippen molar-refractivity contribution >= 4 is 11.8 Å². The lowest BCUT2D eigenvalue weighted by atomic mass is 10.3. The quantitative estimate of drug-likeness (QED) is 0.376. The minimum atomic E-state index is -1.77. The highest BCUT2D eigenvalue weighted by molar-refractivity contribution is 5.94. The lowest BCUT2D eigenvalue weighted by Crippen LogP contribution is -2.70. The van der Waals surface area contributed by atoms with Crippen molar-refractivity contribution in [2.75, 3.05) is 14.1 Å². The van der Waals surface area contributed by atoms with E-state index in [4.69, 9.17) is 0 Å². The van der Waals surface area contributed by atoms with Gasteiger partial charge in [-0.1, -0.05) is 0 Å². The van der Waals surface area contributed by atoms with E-state index < -0.39 is 24.3 Å². The van der Waals surface area contributed by atoms with Crippen LogP contribution in [0.25, 0.3) is 0 Å². The molecule has 1 saturated heterocycles. The predicted octanol–water partition coefficient (Wildman–Crippen LogP) is -3.71. The van der Waals surface area contributed by atoms with Crippen LogP contribution in [-0.4, -0.2) is 48.2 Å². The molecular formula is C6H8N2O4-2. The molecule has 12 heavy (non-hydrogen) atoms. The van der Waals surface area contributed by atoms with Crippen LogP contribution in [-0.2, 0) is 9.59 Å². The van der Waals surface area contributed by atoms with Gasteiger partial charge >= 0.3 is 0 Å². The second kappa shape index (κ2) is 2.72. The molecule has 2 unspecified atom stereocenters. The molecule has 0 aliphatic carbocycles. The summed E-state index contributed by atoms with van der Waals surface area (Å²) in [6.45, 7) is 0. The van der Waals surface area contributed by atoms with Crippen molar-refractivity contribution in [2.45, 2.75) is 12.5 Å². The van der Waals surface area contributed by atoms with Gasteiger partial charge in [0.2, 0.25) is 11.8 Å². The fourth-order valence-corrected chi connectivity index (χ4v) is 0.911. The number of carbonyl (C=O) groups excluding carboxylic acids is 2. The standard InChI is InChI=1S/C6H8N2O4/c1-7-3(9)5(11)8(2)6(12)4(7)10/h3,6H,1-2H3/q-2. The molecule has 6 nitrogen and oxygen atoms in total. The summed E-state index contributed by atoms with van der Waals surface area (Å²) in [5.74, 6) is -1.73. The molecule has 0 bridgehead atoms. The molecule has 0 spiro atoms. The smallest absolute Gasteiger partial charge is 0.227 e. The van der Waals surface area contributed by atoms with Crippen molar-refractivity contribution in [2.24, 2.45) is 0 Å². The summed E-state index contributed by atoms with van der Waals surface area (Å²) >= 11 is 0. The van der Waals surface area contributed by atoms with E-state index in [2.05, 4.69) is 0 Å². The Morgan fingerprint density at radius 2 is 1.25 bits per heavy atom. The van der Waals surface area contributed by atoms with Crippen LogP contribution >= 0.6 is 0 Å². The first-order valence-electron chi connectivity index (χ1n) is 3.32. The first kappa shape index (κ1) is 8.95. The Bertz CT molecular complexity index is 186. The van der Waals surface area contributed by atoms with E-state index in [1.165, 1.54) is 0 Å². The highest BCUT2D eigenvalue weighted by Gasteiger charge is 2.30. The van der Waals surface area contributed by atoms with Crippen LogP contribution in [0.4, 0.5) is 0 Å². The Hall–Kier alpha value is -1.14. The normalized spacial score (nSPS) is 31.3. The van der Waals surface area contributed by atoms with Crippen LogP contribution in [0.1, 0.15) is 0 Å². The molecular weight excluding hydrogens is 164 g/mol. The molecule has 0 aromatic heterocycles. The number of amides is 2. The summed E-state index contributed by atoms with van der Waals surface area (Å²) in [6, 6.07) is 0. The maximum Gasteiger partial charge on any atom is 0.227 e. The summed E-state index contributed by atoms with van der Waals surface area (Å²) in [5.41, 5.74) is 0. The number of piperazine rings is 1. The van der Waals surface area contributed by atoms with E-state index in [0.29, 0.717) is 9.80 Å². The predicted molar refractivity (Wildman–Crippen MR) is 33.1 cm³/mol. The number of nitrogens with zero attached hydrogens (tertiary/aromatic N) is 2. The largest absolute Gasteiger partial charge is 0.829 e. The van der Waals surface area contributed by atoms with Gasteiger partial charge in [0.05, 0.1) is 0 Å². The zero-order valence-corrected chi connectivity index (χ0v) is 6.68. The topological polar surface area (TPSA) is 86.7 Å². The number of rotatable bonds is 0. The fourth-order valence-electron chi connectivity index (χ4n) is 0.911. The van der Waals surface area contributed by atoms with Crippen molar-refractivity contribution in [1.29, 1.82) is 0 Å². The molecule has 0 N–H and O–H groups in total. The van der Waals surface area contributed by atoms with Gasteiger partial charge in [0.15, 0.2) is 0 Å². The summed E-state index contributed by atoms with van der Waals surface area (Å²) in [6.07, 6.45) is -3.54. The second-order valence-electron chi connectivity index (χ2n) is 2.60. The number of likely N-dealkylation sites (N-methyl/N-ethyl adjacent to an activating group) is 2. The fraction of sp³-hybridized carbons (Fsp3) is 0.667. The zero-order valence-electron chi connectivity index (χ0n) is 6.68. The van der Waals surface area contributed by atoms with E-state index in [-0.39, 0.29) is 0 Å². The maximum atomic E-state index is 10.9. The maximum absolute atomic E-state index is 10.9. The van der Waals surface area contributed by atoms with Gasteiger partial charge in [-0.2, -0.15) is 0 Å². The van der Waals surface area contributed by atoms with Crippen LogP contribution in [0.5, 0.6) is 0 Å². The molecule has 1 rings (SSSR count). The van der Waals surface area contributed by atoms with Crippen molar-refractivity contribution in [3.05, 3.63) is 0 Å². The molecule has 2 amide bonds. The lowest BCUT2D eigenvalue weighted by molar-refractivity contribution is -0.470. The summed E-state index contributed by atoms with van der Waals surface area (Å²) in [5, 5.41) is 21.9. The van der Waals surface area contributed by atoms with E-state index in [9.17, 15) is 19.8 Å². The average molecular weight is 172 g/mol. The monoisotopic (exact) mass is 172 g/mol. The molecule has 1 heterocycles. The number of hydrogen-bond acceptors (Lipinski definition) is 4. The Balaban J connectivity index is 2.91. The van der Waals surface area contributed by atoms with Crippen LogP contribution in [0.15, 0.2) is 0 Å². The third-order valence-electron chi connectivity index (χ3n) is 1.82. The van der Waals surface area contributed by atoms with E-state index >= 15 is 0 Å². The lowest BCUT2D eigenvalue weighted by Gasteiger charge is -2.47. The van der Waals surface area contributed by atoms with Crippen molar-refractivity contribution in [1.82, 2.24) is 9.80 Å². The van der Waals surface area contributed by atoms with Gasteiger partial charge in [-0.05, 0) is 0 Å². The SMILES string of the molecule is CN1C(=O)C([O-])N(C)C(=O)C1[O-]. The van der Waals surface area contributed by atoms with Crippen LogP contribution in [0.3, 0.4) is 0 Å². The second-order valence-corrected chi connectivity index (χ2v) is 2.60. The number of carbonyl (C=O) groups is 2. The highest BCUT2D eigenvalue weighted by atomic mass is 16.3. The van der Waals surface area contributed by atoms with Gasteiger partial charge in [-0.15, -0.1) is 0 Å². The van der Waals surface area contributed by atoms with Crippen molar-refractivity contribution < 1.29 is 19.8 Å². The summed E-state index contributed by atoms with van der Waals surface area (Å²) < 4.78 is 0. The first-order valence-corrected chi connectivity index (χ1v) is 3.32. The molecule has 0 aromatic rings. The Labute approximate surface area is 69.0 Å². The summed E-state index contributed by atoms with van der Waals surface area (Å²) in [7, 11) is 2.30. The van der Waals surface area contributed by atoms with Crippen LogP contribution in [0, 0.1) is 0 Å². The third kappa shape index (κ3) is 1.05. The molecule has 68 valence electrons. The van der Waals surface area contributed by atoms with Crippen molar-refractivity contribution in [3.8, 4) is 0 Å². The van der Waals surface area contributed by atoms with E-state index in [0.717, 1.165) is 14.1 Å². The van der Waals surface area contributed by atoms with Crippen molar-refractivity contribution in [3.63, 3.8) is 0 Å². The highest BCUT2D eigenvalue weighted by Crippen LogP contribution is 2.07. The third-order valence-corrected chi connectivity index (χ3v) is 1.82. The Kier molecular flexibility index (Phi) is 2.03. The Morgan fingerprint density at radius 3 is 1.50 bits per heavy atom.